The van der Waals surface area contributed by atoms with Crippen LogP contribution in [-0.2, 0) is 4.79 Å². The van der Waals surface area contributed by atoms with E-state index in [1.165, 1.54) is 0 Å². The van der Waals surface area contributed by atoms with Crippen LogP contribution < -0.4 is 25.3 Å². The Bertz CT molecular complexity index is 373. The van der Waals surface area contributed by atoms with E-state index in [9.17, 15) is 4.79 Å². The molecule has 0 unspecified atom stereocenters. The van der Waals surface area contributed by atoms with Gasteiger partial charge in [-0.15, -0.1) is 0 Å². The van der Waals surface area contributed by atoms with Crippen molar-refractivity contribution in [3.63, 3.8) is 0 Å². The summed E-state index contributed by atoms with van der Waals surface area (Å²) in [5.41, 5.74) is 5.27. The van der Waals surface area contributed by atoms with Gasteiger partial charge in [-0.05, 0) is 0 Å². The molecular weight excluding hydrogens is 236 g/mol. The van der Waals surface area contributed by atoms with E-state index in [1.807, 2.05) is 0 Å². The number of carbonyl (C=O) groups excluding carboxylic acids is 1. The normalized spacial score (nSPS) is 9.72. The molecule has 100 valence electrons. The number of nitrogens with one attached hydrogen (secondary N) is 1. The Morgan fingerprint density at radius 1 is 1.17 bits per heavy atom. The minimum Gasteiger partial charge on any atom is -0.496 e. The highest BCUT2D eigenvalue weighted by molar-refractivity contribution is 5.77. The van der Waals surface area contributed by atoms with Gasteiger partial charge in [0.2, 0.25) is 0 Å². The van der Waals surface area contributed by atoms with Gasteiger partial charge in [0.15, 0.2) is 6.61 Å². The number of nitrogens with two attached hydrogens (primary N) is 1. The molecule has 0 saturated carbocycles. The SMILES string of the molecule is COc1cc(OC)cc(OCC(=O)NCCN)c1. The van der Waals surface area contributed by atoms with E-state index in [0.29, 0.717) is 30.3 Å². The quantitative estimate of drug-likeness (QED) is 0.724. The van der Waals surface area contributed by atoms with Crippen molar-refractivity contribution in [2.75, 3.05) is 33.9 Å². The molecule has 0 atom stereocenters. The molecule has 0 radical (unpaired) electrons. The topological polar surface area (TPSA) is 82.8 Å². The summed E-state index contributed by atoms with van der Waals surface area (Å²) in [4.78, 5) is 11.3. The van der Waals surface area contributed by atoms with E-state index in [-0.39, 0.29) is 12.5 Å². The summed E-state index contributed by atoms with van der Waals surface area (Å²) in [7, 11) is 3.10. The predicted octanol–water partition coefficient (Wildman–Crippen LogP) is 0.158. The van der Waals surface area contributed by atoms with Gasteiger partial charge in [-0.1, -0.05) is 0 Å². The van der Waals surface area contributed by atoms with Crippen LogP contribution in [0.3, 0.4) is 0 Å². The monoisotopic (exact) mass is 254 g/mol. The Kier molecular flexibility index (Phi) is 5.79. The first-order chi connectivity index (χ1) is 8.69. The molecule has 6 nitrogen and oxygen atoms in total. The second kappa shape index (κ2) is 7.39. The van der Waals surface area contributed by atoms with Crippen molar-refractivity contribution in [2.24, 2.45) is 5.73 Å². The van der Waals surface area contributed by atoms with Gasteiger partial charge in [-0.25, -0.2) is 0 Å². The molecule has 1 rings (SSSR count). The molecule has 1 aromatic carbocycles. The molecule has 6 heteroatoms. The highest BCUT2D eigenvalue weighted by atomic mass is 16.5. The average Bonchev–Trinajstić information content (AvgIpc) is 2.42. The molecule has 0 heterocycles. The molecule has 0 bridgehead atoms. The minimum atomic E-state index is -0.220. The number of hydrogen-bond acceptors (Lipinski definition) is 5. The molecule has 0 saturated heterocycles. The standard InChI is InChI=1S/C12H18N2O4/c1-16-9-5-10(17-2)7-11(6-9)18-8-12(15)14-4-3-13/h5-7H,3-4,8,13H2,1-2H3,(H,14,15). The summed E-state index contributed by atoms with van der Waals surface area (Å²) in [6.45, 7) is 0.763. The highest BCUT2D eigenvalue weighted by Gasteiger charge is 2.05. The molecule has 0 fully saturated rings. The summed E-state index contributed by atoms with van der Waals surface area (Å²) in [6.07, 6.45) is 0. The van der Waals surface area contributed by atoms with Gasteiger partial charge in [0.1, 0.15) is 17.2 Å². The molecular formula is C12H18N2O4. The smallest absolute Gasteiger partial charge is 0.257 e. The van der Waals surface area contributed by atoms with Crippen LogP contribution in [0.15, 0.2) is 18.2 Å². The maximum atomic E-state index is 11.3. The van der Waals surface area contributed by atoms with Crippen molar-refractivity contribution in [3.8, 4) is 17.2 Å². The van der Waals surface area contributed by atoms with Crippen LogP contribution in [0.25, 0.3) is 0 Å². The summed E-state index contributed by atoms with van der Waals surface area (Å²) >= 11 is 0. The molecule has 1 amide bonds. The number of rotatable bonds is 7. The van der Waals surface area contributed by atoms with Crippen molar-refractivity contribution in [3.05, 3.63) is 18.2 Å². The first kappa shape index (κ1) is 14.1. The second-order valence-corrected chi connectivity index (χ2v) is 3.48. The zero-order valence-corrected chi connectivity index (χ0v) is 10.6. The number of methoxy groups -OCH3 is 2. The summed E-state index contributed by atoms with van der Waals surface area (Å²) in [5.74, 6) is 1.50. The third kappa shape index (κ3) is 4.50. The molecule has 3 N–H and O–H groups in total. The third-order valence-electron chi connectivity index (χ3n) is 2.16. The Hall–Kier alpha value is -1.95. The van der Waals surface area contributed by atoms with E-state index in [2.05, 4.69) is 5.32 Å². The summed E-state index contributed by atoms with van der Waals surface area (Å²) in [6, 6.07) is 5.08. The number of hydrogen-bond donors (Lipinski definition) is 2. The molecule has 0 aromatic heterocycles. The average molecular weight is 254 g/mol. The predicted molar refractivity (Wildman–Crippen MR) is 67.1 cm³/mol. The van der Waals surface area contributed by atoms with Gasteiger partial charge >= 0.3 is 0 Å². The van der Waals surface area contributed by atoms with Gasteiger partial charge in [0.25, 0.3) is 5.91 Å². The lowest BCUT2D eigenvalue weighted by atomic mass is 10.3. The number of carbonyl (C=O) groups is 1. The van der Waals surface area contributed by atoms with Crippen LogP contribution in [0.4, 0.5) is 0 Å². The third-order valence-corrected chi connectivity index (χ3v) is 2.16. The highest BCUT2D eigenvalue weighted by Crippen LogP contribution is 2.27. The molecule has 0 aliphatic carbocycles. The van der Waals surface area contributed by atoms with Crippen molar-refractivity contribution in [1.82, 2.24) is 5.32 Å². The van der Waals surface area contributed by atoms with E-state index in [0.717, 1.165) is 0 Å². The van der Waals surface area contributed by atoms with Crippen LogP contribution in [0.1, 0.15) is 0 Å². The van der Waals surface area contributed by atoms with Gasteiger partial charge in [-0.3, -0.25) is 4.79 Å². The molecule has 1 aromatic rings. The summed E-state index contributed by atoms with van der Waals surface area (Å²) < 4.78 is 15.5. The molecule has 0 spiro atoms. The number of benzene rings is 1. The van der Waals surface area contributed by atoms with E-state index in [1.54, 1.807) is 32.4 Å². The van der Waals surface area contributed by atoms with Crippen molar-refractivity contribution in [2.45, 2.75) is 0 Å². The maximum absolute atomic E-state index is 11.3. The van der Waals surface area contributed by atoms with Gasteiger partial charge in [0, 0.05) is 31.3 Å². The maximum Gasteiger partial charge on any atom is 0.257 e. The first-order valence-corrected chi connectivity index (χ1v) is 5.52. The van der Waals surface area contributed by atoms with Crippen LogP contribution in [0.5, 0.6) is 17.2 Å². The molecule has 0 aliphatic rings. The largest absolute Gasteiger partial charge is 0.496 e. The van der Waals surface area contributed by atoms with E-state index < -0.39 is 0 Å². The van der Waals surface area contributed by atoms with Gasteiger partial charge in [0.05, 0.1) is 14.2 Å². The van der Waals surface area contributed by atoms with Crippen LogP contribution in [0, 0.1) is 0 Å². The lowest BCUT2D eigenvalue weighted by Gasteiger charge is -2.10. The lowest BCUT2D eigenvalue weighted by Crippen LogP contribution is -2.32. The second-order valence-electron chi connectivity index (χ2n) is 3.48. The van der Waals surface area contributed by atoms with E-state index in [4.69, 9.17) is 19.9 Å². The number of amides is 1. The van der Waals surface area contributed by atoms with Gasteiger partial charge < -0.3 is 25.3 Å². The van der Waals surface area contributed by atoms with Crippen LogP contribution in [-0.4, -0.2) is 39.8 Å². The Balaban J connectivity index is 2.58. The molecule has 0 aliphatic heterocycles. The Morgan fingerprint density at radius 2 is 1.72 bits per heavy atom. The lowest BCUT2D eigenvalue weighted by molar-refractivity contribution is -0.123. The van der Waals surface area contributed by atoms with E-state index >= 15 is 0 Å². The van der Waals surface area contributed by atoms with Crippen molar-refractivity contribution in [1.29, 1.82) is 0 Å². The first-order valence-electron chi connectivity index (χ1n) is 5.52. The molecule has 18 heavy (non-hydrogen) atoms. The zero-order valence-electron chi connectivity index (χ0n) is 10.6. The fraction of sp³-hybridized carbons (Fsp3) is 0.417. The van der Waals surface area contributed by atoms with Crippen molar-refractivity contribution < 1.29 is 19.0 Å². The number of ether oxygens (including phenoxy) is 3. The van der Waals surface area contributed by atoms with Crippen LogP contribution >= 0.6 is 0 Å². The van der Waals surface area contributed by atoms with Gasteiger partial charge in [-0.2, -0.15) is 0 Å². The Labute approximate surface area is 106 Å². The fourth-order valence-electron chi connectivity index (χ4n) is 1.28. The minimum absolute atomic E-state index is 0.0731. The Morgan fingerprint density at radius 3 is 2.22 bits per heavy atom. The summed E-state index contributed by atoms with van der Waals surface area (Å²) in [5, 5.41) is 2.61. The van der Waals surface area contributed by atoms with Crippen molar-refractivity contribution >= 4 is 5.91 Å². The van der Waals surface area contributed by atoms with Crippen LogP contribution in [0.2, 0.25) is 0 Å². The fourth-order valence-corrected chi connectivity index (χ4v) is 1.28. The zero-order chi connectivity index (χ0) is 13.4.